The van der Waals surface area contributed by atoms with E-state index in [1.165, 1.54) is 13.2 Å². The molecule has 1 amide bonds. The molecule has 0 fully saturated rings. The number of esters is 1. The van der Waals surface area contributed by atoms with Crippen molar-refractivity contribution in [3.63, 3.8) is 0 Å². The Morgan fingerprint density at radius 3 is 2.83 bits per heavy atom. The SMILES string of the molecule is COC(=O)C(Br)CNC(=O)c1cc(I)ccc1O. The Morgan fingerprint density at radius 2 is 2.22 bits per heavy atom. The summed E-state index contributed by atoms with van der Waals surface area (Å²) in [5.74, 6) is -1.02. The predicted octanol–water partition coefficient (Wildman–Crippen LogP) is 1.66. The molecular weight excluding hydrogens is 417 g/mol. The number of ether oxygens (including phenoxy) is 1. The second kappa shape index (κ2) is 6.93. The highest BCUT2D eigenvalue weighted by molar-refractivity contribution is 14.1. The van der Waals surface area contributed by atoms with Crippen LogP contribution in [0.4, 0.5) is 0 Å². The molecule has 0 bridgehead atoms. The lowest BCUT2D eigenvalue weighted by Gasteiger charge is -2.10. The third-order valence-electron chi connectivity index (χ3n) is 2.10. The molecule has 98 valence electrons. The lowest BCUT2D eigenvalue weighted by atomic mass is 10.2. The molecule has 0 radical (unpaired) electrons. The number of carbonyl (C=O) groups excluding carboxylic acids is 2. The van der Waals surface area contributed by atoms with Crippen LogP contribution >= 0.6 is 38.5 Å². The summed E-state index contributed by atoms with van der Waals surface area (Å²) in [5, 5.41) is 12.1. The van der Waals surface area contributed by atoms with E-state index in [4.69, 9.17) is 0 Å². The molecule has 0 aromatic heterocycles. The van der Waals surface area contributed by atoms with Crippen LogP contribution in [0.2, 0.25) is 0 Å². The normalized spacial score (nSPS) is 11.7. The van der Waals surface area contributed by atoms with Crippen molar-refractivity contribution >= 4 is 50.4 Å². The number of methoxy groups -OCH3 is 1. The Hall–Kier alpha value is -0.830. The molecule has 1 unspecified atom stereocenters. The number of alkyl halides is 1. The average molecular weight is 428 g/mol. The molecule has 1 aromatic carbocycles. The Balaban J connectivity index is 2.66. The highest BCUT2D eigenvalue weighted by Crippen LogP contribution is 2.19. The third-order valence-corrected chi connectivity index (χ3v) is 3.47. The number of rotatable bonds is 4. The summed E-state index contributed by atoms with van der Waals surface area (Å²) < 4.78 is 5.34. The van der Waals surface area contributed by atoms with Crippen LogP contribution in [-0.4, -0.2) is 35.5 Å². The van der Waals surface area contributed by atoms with Crippen molar-refractivity contribution in [1.82, 2.24) is 5.32 Å². The molecule has 0 aliphatic heterocycles. The molecule has 2 N–H and O–H groups in total. The maximum atomic E-state index is 11.8. The minimum Gasteiger partial charge on any atom is -0.507 e. The molecule has 0 aliphatic carbocycles. The molecule has 1 atom stereocenters. The van der Waals surface area contributed by atoms with Crippen LogP contribution in [0, 0.1) is 3.57 Å². The van der Waals surface area contributed by atoms with Crippen LogP contribution in [0.25, 0.3) is 0 Å². The standard InChI is InChI=1S/C11H11BrINO4/c1-18-11(17)8(12)5-14-10(16)7-4-6(13)2-3-9(7)15/h2-4,8,15H,5H2,1H3,(H,14,16). The van der Waals surface area contributed by atoms with Gasteiger partial charge < -0.3 is 15.2 Å². The van der Waals surface area contributed by atoms with Gasteiger partial charge in [-0.2, -0.15) is 0 Å². The lowest BCUT2D eigenvalue weighted by molar-refractivity contribution is -0.139. The van der Waals surface area contributed by atoms with E-state index in [-0.39, 0.29) is 17.9 Å². The van der Waals surface area contributed by atoms with Gasteiger partial charge in [-0.3, -0.25) is 9.59 Å². The first-order valence-electron chi connectivity index (χ1n) is 4.94. The molecule has 5 nitrogen and oxygen atoms in total. The Bertz CT molecular complexity index is 466. The first kappa shape index (κ1) is 15.2. The van der Waals surface area contributed by atoms with Gasteiger partial charge >= 0.3 is 5.97 Å². The van der Waals surface area contributed by atoms with Crippen LogP contribution in [0.1, 0.15) is 10.4 Å². The number of halogens is 2. The van der Waals surface area contributed by atoms with Crippen LogP contribution in [-0.2, 0) is 9.53 Å². The van der Waals surface area contributed by atoms with Gasteiger partial charge in [0.1, 0.15) is 10.6 Å². The maximum Gasteiger partial charge on any atom is 0.321 e. The molecule has 0 heterocycles. The fourth-order valence-electron chi connectivity index (χ4n) is 1.18. The van der Waals surface area contributed by atoms with Gasteiger partial charge in [-0.15, -0.1) is 0 Å². The smallest absolute Gasteiger partial charge is 0.321 e. The maximum absolute atomic E-state index is 11.8. The van der Waals surface area contributed by atoms with Crippen molar-refractivity contribution in [1.29, 1.82) is 0 Å². The number of hydrogen-bond acceptors (Lipinski definition) is 4. The van der Waals surface area contributed by atoms with E-state index in [1.54, 1.807) is 12.1 Å². The molecule has 1 aromatic rings. The van der Waals surface area contributed by atoms with E-state index in [9.17, 15) is 14.7 Å². The molecule has 0 saturated heterocycles. The molecule has 1 rings (SSSR count). The van der Waals surface area contributed by atoms with Crippen LogP contribution in [0.5, 0.6) is 5.75 Å². The van der Waals surface area contributed by atoms with E-state index in [0.717, 1.165) is 3.57 Å². The van der Waals surface area contributed by atoms with Gasteiger partial charge in [0.25, 0.3) is 5.91 Å². The van der Waals surface area contributed by atoms with E-state index in [0.29, 0.717) is 0 Å². The monoisotopic (exact) mass is 427 g/mol. The van der Waals surface area contributed by atoms with Crippen LogP contribution < -0.4 is 5.32 Å². The number of hydrogen-bond donors (Lipinski definition) is 2. The van der Waals surface area contributed by atoms with Gasteiger partial charge in [0.05, 0.1) is 12.7 Å². The molecule has 0 aliphatic rings. The summed E-state index contributed by atoms with van der Waals surface area (Å²) in [6, 6.07) is 4.70. The zero-order chi connectivity index (χ0) is 13.7. The van der Waals surface area contributed by atoms with E-state index < -0.39 is 16.7 Å². The van der Waals surface area contributed by atoms with Gasteiger partial charge in [-0.1, -0.05) is 15.9 Å². The predicted molar refractivity (Wildman–Crippen MR) is 77.9 cm³/mol. The molecule has 0 saturated carbocycles. The van der Waals surface area contributed by atoms with Crippen molar-refractivity contribution in [3.8, 4) is 5.75 Å². The fraction of sp³-hybridized carbons (Fsp3) is 0.273. The second-order valence-corrected chi connectivity index (χ2v) is 5.71. The van der Waals surface area contributed by atoms with Gasteiger partial charge in [0.2, 0.25) is 0 Å². The number of amides is 1. The Labute approximate surface area is 126 Å². The number of nitrogens with one attached hydrogen (secondary N) is 1. The van der Waals surface area contributed by atoms with Crippen molar-refractivity contribution in [2.24, 2.45) is 0 Å². The first-order chi connectivity index (χ1) is 8.45. The van der Waals surface area contributed by atoms with E-state index in [2.05, 4.69) is 26.0 Å². The zero-order valence-electron chi connectivity index (χ0n) is 9.44. The third kappa shape index (κ3) is 4.13. The minimum absolute atomic E-state index is 0.0798. The van der Waals surface area contributed by atoms with Crippen molar-refractivity contribution < 1.29 is 19.4 Å². The molecule has 18 heavy (non-hydrogen) atoms. The minimum atomic E-state index is -0.614. The summed E-state index contributed by atoms with van der Waals surface area (Å²) in [5.41, 5.74) is 0.173. The Kier molecular flexibility index (Phi) is 5.86. The highest BCUT2D eigenvalue weighted by atomic mass is 127. The summed E-state index contributed by atoms with van der Waals surface area (Å²) in [6.45, 7) is 0.0798. The van der Waals surface area contributed by atoms with Crippen LogP contribution in [0.3, 0.4) is 0 Å². The van der Waals surface area contributed by atoms with Crippen molar-refractivity contribution in [3.05, 3.63) is 27.3 Å². The van der Waals surface area contributed by atoms with Crippen LogP contribution in [0.15, 0.2) is 18.2 Å². The van der Waals surface area contributed by atoms with E-state index in [1.807, 2.05) is 22.6 Å². The number of aromatic hydroxyl groups is 1. The van der Waals surface area contributed by atoms with Gasteiger partial charge in [-0.05, 0) is 40.8 Å². The first-order valence-corrected chi connectivity index (χ1v) is 6.93. The number of benzene rings is 1. The molecular formula is C11H11BrINO4. The van der Waals surface area contributed by atoms with Crippen molar-refractivity contribution in [2.75, 3.05) is 13.7 Å². The fourth-order valence-corrected chi connectivity index (χ4v) is 2.02. The summed E-state index contributed by atoms with van der Waals surface area (Å²) in [7, 11) is 1.27. The second-order valence-electron chi connectivity index (χ2n) is 3.36. The number of phenols is 1. The average Bonchev–Trinajstić information content (AvgIpc) is 2.37. The number of phenolic OH excluding ortho intramolecular Hbond substituents is 1. The van der Waals surface area contributed by atoms with Gasteiger partial charge in [0, 0.05) is 10.1 Å². The van der Waals surface area contributed by atoms with Gasteiger partial charge in [0.15, 0.2) is 0 Å². The molecule has 0 spiro atoms. The number of carbonyl (C=O) groups is 2. The van der Waals surface area contributed by atoms with E-state index >= 15 is 0 Å². The zero-order valence-corrected chi connectivity index (χ0v) is 13.2. The highest BCUT2D eigenvalue weighted by Gasteiger charge is 2.18. The van der Waals surface area contributed by atoms with Crippen molar-refractivity contribution in [2.45, 2.75) is 4.83 Å². The molecule has 7 heteroatoms. The lowest BCUT2D eigenvalue weighted by Crippen LogP contribution is -2.33. The topological polar surface area (TPSA) is 75.6 Å². The summed E-state index contributed by atoms with van der Waals surface area (Å²) in [6.07, 6.45) is 0. The largest absolute Gasteiger partial charge is 0.507 e. The Morgan fingerprint density at radius 1 is 1.56 bits per heavy atom. The summed E-state index contributed by atoms with van der Waals surface area (Å²) in [4.78, 5) is 22.3. The quantitative estimate of drug-likeness (QED) is 0.435. The van der Waals surface area contributed by atoms with Gasteiger partial charge in [-0.25, -0.2) is 0 Å². The summed E-state index contributed by atoms with van der Waals surface area (Å²) >= 11 is 5.12.